The van der Waals surface area contributed by atoms with Gasteiger partial charge in [-0.1, -0.05) is 6.07 Å². The van der Waals surface area contributed by atoms with Crippen molar-refractivity contribution in [1.29, 1.82) is 0 Å². The third kappa shape index (κ3) is 4.01. The first-order valence-electron chi connectivity index (χ1n) is 9.28. The van der Waals surface area contributed by atoms with Gasteiger partial charge in [0.15, 0.2) is 0 Å². The molecule has 0 saturated carbocycles. The van der Waals surface area contributed by atoms with Gasteiger partial charge in [-0.05, 0) is 36.4 Å². The summed E-state index contributed by atoms with van der Waals surface area (Å²) < 4.78 is 15.2. The SMILES string of the molecule is Cn1nc(-c2cccnc2)cc1CNC(=O)[C@@H]1CC(=O)N(c2cccc(F)c2)C1. The smallest absolute Gasteiger partial charge is 0.227 e. The molecule has 1 aliphatic heterocycles. The van der Waals surface area contributed by atoms with Crippen LogP contribution in [0.2, 0.25) is 0 Å². The van der Waals surface area contributed by atoms with Crippen LogP contribution in [0.15, 0.2) is 54.9 Å². The molecule has 4 rings (SSSR count). The number of hydrogen-bond acceptors (Lipinski definition) is 4. The summed E-state index contributed by atoms with van der Waals surface area (Å²) in [6, 6.07) is 11.5. The standard InChI is InChI=1S/C21H20FN5O2/c1-26-18(10-19(25-26)14-4-3-7-23-11-14)12-24-21(29)15-8-20(28)27(13-15)17-6-2-5-16(22)9-17/h2-7,9-11,15H,8,12-13H2,1H3,(H,24,29)/t15-/m1/s1. The second-order valence-electron chi connectivity index (χ2n) is 6.99. The number of anilines is 1. The zero-order chi connectivity index (χ0) is 20.4. The minimum atomic E-state index is -0.475. The number of carbonyl (C=O) groups excluding carboxylic acids is 2. The lowest BCUT2D eigenvalue weighted by molar-refractivity contribution is -0.126. The van der Waals surface area contributed by atoms with E-state index in [0.717, 1.165) is 17.0 Å². The highest BCUT2D eigenvalue weighted by atomic mass is 19.1. The molecule has 0 unspecified atom stereocenters. The number of pyridine rings is 1. The first-order chi connectivity index (χ1) is 14.0. The molecule has 7 nitrogen and oxygen atoms in total. The van der Waals surface area contributed by atoms with Crippen LogP contribution in [0, 0.1) is 11.7 Å². The van der Waals surface area contributed by atoms with Crippen LogP contribution in [0.3, 0.4) is 0 Å². The first kappa shape index (κ1) is 18.8. The van der Waals surface area contributed by atoms with Crippen molar-refractivity contribution in [2.24, 2.45) is 13.0 Å². The Bertz CT molecular complexity index is 1050. The molecule has 8 heteroatoms. The highest BCUT2D eigenvalue weighted by Gasteiger charge is 2.35. The van der Waals surface area contributed by atoms with E-state index in [2.05, 4.69) is 15.4 Å². The minimum absolute atomic E-state index is 0.106. The molecule has 29 heavy (non-hydrogen) atoms. The van der Waals surface area contributed by atoms with E-state index in [1.54, 1.807) is 29.2 Å². The maximum Gasteiger partial charge on any atom is 0.227 e. The molecule has 1 fully saturated rings. The quantitative estimate of drug-likeness (QED) is 0.721. The lowest BCUT2D eigenvalue weighted by Crippen LogP contribution is -2.33. The van der Waals surface area contributed by atoms with E-state index in [4.69, 9.17) is 0 Å². The molecule has 2 amide bonds. The normalized spacial score (nSPS) is 16.3. The van der Waals surface area contributed by atoms with Gasteiger partial charge in [-0.3, -0.25) is 19.3 Å². The van der Waals surface area contributed by atoms with Crippen LogP contribution in [0.25, 0.3) is 11.3 Å². The van der Waals surface area contributed by atoms with Crippen molar-refractivity contribution in [3.05, 3.63) is 66.4 Å². The summed E-state index contributed by atoms with van der Waals surface area (Å²) >= 11 is 0. The predicted molar refractivity (Wildman–Crippen MR) is 105 cm³/mol. The highest BCUT2D eigenvalue weighted by Crippen LogP contribution is 2.26. The van der Waals surface area contributed by atoms with Crippen molar-refractivity contribution in [2.45, 2.75) is 13.0 Å². The van der Waals surface area contributed by atoms with Crippen LogP contribution in [0.5, 0.6) is 0 Å². The van der Waals surface area contributed by atoms with Gasteiger partial charge >= 0.3 is 0 Å². The number of aryl methyl sites for hydroxylation is 1. The number of rotatable bonds is 5. The van der Waals surface area contributed by atoms with E-state index in [1.807, 2.05) is 25.2 Å². The second kappa shape index (κ2) is 7.83. The Kier molecular flexibility index (Phi) is 5.07. The van der Waals surface area contributed by atoms with Crippen molar-refractivity contribution in [2.75, 3.05) is 11.4 Å². The summed E-state index contributed by atoms with van der Waals surface area (Å²) in [5.74, 6) is -1.28. The molecule has 3 aromatic rings. The number of amides is 2. The van der Waals surface area contributed by atoms with Crippen LogP contribution in [0.4, 0.5) is 10.1 Å². The number of nitrogens with one attached hydrogen (secondary N) is 1. The van der Waals surface area contributed by atoms with Gasteiger partial charge in [0.2, 0.25) is 11.8 Å². The van der Waals surface area contributed by atoms with Gasteiger partial charge in [0, 0.05) is 43.7 Å². The van der Waals surface area contributed by atoms with E-state index in [0.29, 0.717) is 12.2 Å². The van der Waals surface area contributed by atoms with Crippen molar-refractivity contribution >= 4 is 17.5 Å². The van der Waals surface area contributed by atoms with Gasteiger partial charge in [0.25, 0.3) is 0 Å². The second-order valence-corrected chi connectivity index (χ2v) is 6.99. The molecule has 2 aromatic heterocycles. The van der Waals surface area contributed by atoms with Gasteiger partial charge in [-0.2, -0.15) is 5.10 Å². The van der Waals surface area contributed by atoms with Crippen LogP contribution >= 0.6 is 0 Å². The van der Waals surface area contributed by atoms with E-state index in [9.17, 15) is 14.0 Å². The Morgan fingerprint density at radius 1 is 1.28 bits per heavy atom. The zero-order valence-electron chi connectivity index (χ0n) is 15.9. The molecular formula is C21H20FN5O2. The highest BCUT2D eigenvalue weighted by molar-refractivity contribution is 6.00. The van der Waals surface area contributed by atoms with E-state index in [-0.39, 0.29) is 24.8 Å². The Morgan fingerprint density at radius 2 is 2.14 bits per heavy atom. The minimum Gasteiger partial charge on any atom is -0.350 e. The molecule has 3 heterocycles. The summed E-state index contributed by atoms with van der Waals surface area (Å²) in [6.07, 6.45) is 3.54. The molecule has 0 spiro atoms. The van der Waals surface area contributed by atoms with Crippen molar-refractivity contribution < 1.29 is 14.0 Å². The average Bonchev–Trinajstić information content (AvgIpc) is 3.29. The molecule has 0 bridgehead atoms. The summed E-state index contributed by atoms with van der Waals surface area (Å²) in [7, 11) is 1.81. The molecule has 0 aliphatic carbocycles. The van der Waals surface area contributed by atoms with E-state index in [1.165, 1.54) is 17.0 Å². The lowest BCUT2D eigenvalue weighted by Gasteiger charge is -2.16. The summed E-state index contributed by atoms with van der Waals surface area (Å²) in [5, 5.41) is 7.34. The van der Waals surface area contributed by atoms with Gasteiger partial charge < -0.3 is 10.2 Å². The first-order valence-corrected chi connectivity index (χ1v) is 9.28. The van der Waals surface area contributed by atoms with E-state index < -0.39 is 11.7 Å². The van der Waals surface area contributed by atoms with Gasteiger partial charge in [0.05, 0.1) is 23.9 Å². The largest absolute Gasteiger partial charge is 0.350 e. The Hall–Kier alpha value is -3.55. The zero-order valence-corrected chi connectivity index (χ0v) is 15.9. The predicted octanol–water partition coefficient (Wildman–Crippen LogP) is 2.29. The molecule has 1 aromatic carbocycles. The molecule has 148 valence electrons. The van der Waals surface area contributed by atoms with Gasteiger partial charge in [-0.15, -0.1) is 0 Å². The number of carbonyl (C=O) groups is 2. The van der Waals surface area contributed by atoms with Crippen molar-refractivity contribution in [3.8, 4) is 11.3 Å². The topological polar surface area (TPSA) is 80.1 Å². The van der Waals surface area contributed by atoms with Crippen LogP contribution < -0.4 is 10.2 Å². The van der Waals surface area contributed by atoms with Crippen LogP contribution in [-0.4, -0.2) is 33.1 Å². The van der Waals surface area contributed by atoms with Gasteiger partial charge in [-0.25, -0.2) is 4.39 Å². The van der Waals surface area contributed by atoms with Crippen LogP contribution in [-0.2, 0) is 23.2 Å². The third-order valence-electron chi connectivity index (χ3n) is 4.99. The fourth-order valence-corrected chi connectivity index (χ4v) is 3.43. The fourth-order valence-electron chi connectivity index (χ4n) is 3.43. The average molecular weight is 393 g/mol. The maximum atomic E-state index is 13.4. The number of benzene rings is 1. The summed E-state index contributed by atoms with van der Waals surface area (Å²) in [6.45, 7) is 0.535. The number of nitrogens with zero attached hydrogens (tertiary/aromatic N) is 4. The molecule has 1 saturated heterocycles. The Labute approximate surface area is 167 Å². The molecule has 1 aliphatic rings. The van der Waals surface area contributed by atoms with E-state index >= 15 is 0 Å². The Balaban J connectivity index is 1.39. The molecular weight excluding hydrogens is 373 g/mol. The summed E-state index contributed by atoms with van der Waals surface area (Å²) in [4.78, 5) is 30.4. The lowest BCUT2D eigenvalue weighted by atomic mass is 10.1. The Morgan fingerprint density at radius 3 is 2.90 bits per heavy atom. The number of aromatic nitrogens is 3. The third-order valence-corrected chi connectivity index (χ3v) is 4.99. The number of hydrogen-bond donors (Lipinski definition) is 1. The fraction of sp³-hybridized carbons (Fsp3) is 0.238. The maximum absolute atomic E-state index is 13.4. The van der Waals surface area contributed by atoms with Crippen LogP contribution in [0.1, 0.15) is 12.1 Å². The van der Waals surface area contributed by atoms with Gasteiger partial charge in [0.1, 0.15) is 5.82 Å². The monoisotopic (exact) mass is 393 g/mol. The van der Waals surface area contributed by atoms with Crippen molar-refractivity contribution in [1.82, 2.24) is 20.1 Å². The number of halogens is 1. The van der Waals surface area contributed by atoms with Crippen molar-refractivity contribution in [3.63, 3.8) is 0 Å². The molecule has 0 radical (unpaired) electrons. The summed E-state index contributed by atoms with van der Waals surface area (Å²) in [5.41, 5.74) is 2.98. The molecule has 1 N–H and O–H groups in total. The molecule has 1 atom stereocenters.